The van der Waals surface area contributed by atoms with Crippen LogP contribution in [0.1, 0.15) is 20.8 Å². The minimum Gasteiger partial charge on any atom is -0.363 e. The molecule has 11 heteroatoms. The molecular weight excluding hydrogens is 372 g/mol. The Hall–Kier alpha value is -2.95. The monoisotopic (exact) mass is 392 g/mol. The standard InChI is InChI=1S/C16H20N6O4S/c1-9(2)10(3)18-13(23)8-21-15(14(17)24)19-16-20-27(25,26)12-7-5-4-6-11(12)22(16)21/h4-7,9-10H,8H2,1-3H3,(H2,17,24)(H,18,23)/t10-/m0/s1. The van der Waals surface area contributed by atoms with Crippen LogP contribution in [0.2, 0.25) is 0 Å². The third-order valence-corrected chi connectivity index (χ3v) is 5.66. The number of rotatable bonds is 5. The van der Waals surface area contributed by atoms with E-state index in [1.807, 2.05) is 20.8 Å². The van der Waals surface area contributed by atoms with Crippen LogP contribution in [0.25, 0.3) is 0 Å². The number of hydrogen-bond donors (Lipinski definition) is 2. The number of fused-ring (bicyclic) bond motifs is 3. The van der Waals surface area contributed by atoms with Crippen LogP contribution in [-0.2, 0) is 19.6 Å². The van der Waals surface area contributed by atoms with Crippen LogP contribution < -0.4 is 16.1 Å². The molecule has 0 saturated heterocycles. The van der Waals surface area contributed by atoms with Crippen LogP contribution in [0.5, 0.6) is 0 Å². The van der Waals surface area contributed by atoms with E-state index in [1.165, 1.54) is 16.1 Å². The number of benzene rings is 1. The molecule has 0 radical (unpaired) electrons. The lowest BCUT2D eigenvalue weighted by Crippen LogP contribution is -2.53. The molecule has 2 aliphatic heterocycles. The molecule has 0 aliphatic carbocycles. The number of primary amides is 1. The zero-order valence-corrected chi connectivity index (χ0v) is 15.9. The van der Waals surface area contributed by atoms with Gasteiger partial charge in [-0.2, -0.15) is 13.4 Å². The van der Waals surface area contributed by atoms with Gasteiger partial charge in [0.25, 0.3) is 21.9 Å². The lowest BCUT2D eigenvalue weighted by molar-refractivity contribution is -0.122. The molecule has 2 amide bonds. The summed E-state index contributed by atoms with van der Waals surface area (Å²) in [5.41, 5.74) is 5.62. The van der Waals surface area contributed by atoms with Crippen LogP contribution in [-0.4, -0.2) is 49.6 Å². The Morgan fingerprint density at radius 2 is 1.89 bits per heavy atom. The topological polar surface area (TPSA) is 138 Å². The van der Waals surface area contributed by atoms with E-state index in [0.717, 1.165) is 0 Å². The molecule has 144 valence electrons. The highest BCUT2D eigenvalue weighted by Crippen LogP contribution is 2.34. The minimum absolute atomic E-state index is 0.0457. The summed E-state index contributed by atoms with van der Waals surface area (Å²) in [7, 11) is -3.97. The molecule has 1 aromatic carbocycles. The number of hydrogen-bond acceptors (Lipinski definition) is 7. The largest absolute Gasteiger partial charge is 0.363 e. The number of carbonyl (C=O) groups excluding carboxylic acids is 2. The summed E-state index contributed by atoms with van der Waals surface area (Å²) in [6.45, 7) is 5.53. The molecule has 10 nitrogen and oxygen atoms in total. The Morgan fingerprint density at radius 1 is 1.22 bits per heavy atom. The normalized spacial score (nSPS) is 18.4. The molecule has 0 spiro atoms. The molecule has 3 N–H and O–H groups in total. The van der Waals surface area contributed by atoms with Crippen molar-refractivity contribution in [3.63, 3.8) is 0 Å². The van der Waals surface area contributed by atoms with Gasteiger partial charge in [0.2, 0.25) is 11.7 Å². The van der Waals surface area contributed by atoms with Gasteiger partial charge in [-0.15, -0.1) is 4.40 Å². The second-order valence-corrected chi connectivity index (χ2v) is 8.18. The molecule has 0 fully saturated rings. The average Bonchev–Trinajstić information content (AvgIpc) is 2.92. The Balaban J connectivity index is 2.00. The Morgan fingerprint density at radius 3 is 2.52 bits per heavy atom. The first-order valence-electron chi connectivity index (χ1n) is 8.31. The van der Waals surface area contributed by atoms with Gasteiger partial charge in [0.15, 0.2) is 0 Å². The van der Waals surface area contributed by atoms with E-state index in [2.05, 4.69) is 14.7 Å². The number of amides is 2. The number of para-hydroxylation sites is 1. The van der Waals surface area contributed by atoms with Crippen LogP contribution in [0.15, 0.2) is 38.6 Å². The third kappa shape index (κ3) is 3.37. The molecule has 3 rings (SSSR count). The quantitative estimate of drug-likeness (QED) is 0.713. The van der Waals surface area contributed by atoms with E-state index in [4.69, 9.17) is 5.73 Å². The highest BCUT2D eigenvalue weighted by molar-refractivity contribution is 7.90. The summed E-state index contributed by atoms with van der Waals surface area (Å²) in [5.74, 6) is -1.53. The number of guanidine groups is 1. The minimum atomic E-state index is -3.97. The number of aliphatic imine (C=N–C) groups is 1. The highest BCUT2D eigenvalue weighted by Gasteiger charge is 2.42. The third-order valence-electron chi connectivity index (χ3n) is 4.36. The number of amidine groups is 1. The van der Waals surface area contributed by atoms with Gasteiger partial charge in [-0.05, 0) is 25.0 Å². The number of sulfonamides is 1. The molecule has 0 aromatic heterocycles. The van der Waals surface area contributed by atoms with Crippen LogP contribution in [0.4, 0.5) is 5.69 Å². The predicted octanol–water partition coefficient (Wildman–Crippen LogP) is -0.174. The molecule has 1 atom stereocenters. The molecule has 0 unspecified atom stereocenters. The fraction of sp³-hybridized carbons (Fsp3) is 0.375. The van der Waals surface area contributed by atoms with E-state index in [1.54, 1.807) is 18.2 Å². The molecule has 1 aromatic rings. The van der Waals surface area contributed by atoms with E-state index in [0.29, 0.717) is 0 Å². The highest BCUT2D eigenvalue weighted by atomic mass is 32.2. The second kappa shape index (κ2) is 6.65. The summed E-state index contributed by atoms with van der Waals surface area (Å²) in [6, 6.07) is 6.05. The summed E-state index contributed by atoms with van der Waals surface area (Å²) in [5, 5.41) is 5.38. The van der Waals surface area contributed by atoms with E-state index < -0.39 is 15.9 Å². The molecular formula is C16H20N6O4S. The fourth-order valence-corrected chi connectivity index (χ4v) is 3.74. The zero-order valence-electron chi connectivity index (χ0n) is 15.1. The van der Waals surface area contributed by atoms with Crippen molar-refractivity contribution in [2.24, 2.45) is 21.0 Å². The molecule has 0 saturated carbocycles. The van der Waals surface area contributed by atoms with E-state index in [9.17, 15) is 18.0 Å². The van der Waals surface area contributed by atoms with Crippen molar-refractivity contribution in [1.29, 1.82) is 0 Å². The van der Waals surface area contributed by atoms with Crippen molar-refractivity contribution in [2.45, 2.75) is 31.7 Å². The van der Waals surface area contributed by atoms with Gasteiger partial charge in [-0.1, -0.05) is 26.0 Å². The van der Waals surface area contributed by atoms with Crippen molar-refractivity contribution >= 4 is 39.3 Å². The summed E-state index contributed by atoms with van der Waals surface area (Å²) in [4.78, 5) is 28.2. The molecule has 2 aliphatic rings. The van der Waals surface area contributed by atoms with Crippen molar-refractivity contribution < 1.29 is 18.0 Å². The number of nitrogens with two attached hydrogens (primary N) is 1. The SMILES string of the molecule is CC(C)[C@H](C)NC(=O)CN1C(C(N)=O)=NC2=NS(=O)(=O)c3ccccc3N21. The van der Waals surface area contributed by atoms with Crippen molar-refractivity contribution in [3.05, 3.63) is 24.3 Å². The summed E-state index contributed by atoms with van der Waals surface area (Å²) >= 11 is 0. The van der Waals surface area contributed by atoms with Gasteiger partial charge in [0.1, 0.15) is 11.4 Å². The number of nitrogens with one attached hydrogen (secondary N) is 1. The van der Waals surface area contributed by atoms with E-state index >= 15 is 0 Å². The van der Waals surface area contributed by atoms with Crippen molar-refractivity contribution in [3.8, 4) is 0 Å². The fourth-order valence-electron chi connectivity index (χ4n) is 2.64. The Bertz CT molecular complexity index is 969. The van der Waals surface area contributed by atoms with E-state index in [-0.39, 0.29) is 46.8 Å². The van der Waals surface area contributed by atoms with Gasteiger partial charge in [0.05, 0.1) is 5.69 Å². The van der Waals surface area contributed by atoms with Gasteiger partial charge in [-0.3, -0.25) is 9.59 Å². The maximum Gasteiger partial charge on any atom is 0.287 e. The van der Waals surface area contributed by atoms with Crippen molar-refractivity contribution in [2.75, 3.05) is 11.6 Å². The Kier molecular flexibility index (Phi) is 4.64. The molecule has 2 heterocycles. The number of anilines is 1. The maximum absolute atomic E-state index is 12.5. The average molecular weight is 392 g/mol. The Labute approximate surface area is 156 Å². The maximum atomic E-state index is 12.5. The van der Waals surface area contributed by atoms with Crippen molar-refractivity contribution in [1.82, 2.24) is 10.3 Å². The summed E-state index contributed by atoms with van der Waals surface area (Å²) < 4.78 is 28.3. The predicted molar refractivity (Wildman–Crippen MR) is 99.3 cm³/mol. The summed E-state index contributed by atoms with van der Waals surface area (Å²) in [6.07, 6.45) is 0. The van der Waals surface area contributed by atoms with Crippen LogP contribution in [0.3, 0.4) is 0 Å². The first-order chi connectivity index (χ1) is 12.6. The number of nitrogens with zero attached hydrogens (tertiary/aromatic N) is 4. The molecule has 27 heavy (non-hydrogen) atoms. The first kappa shape index (κ1) is 18.8. The van der Waals surface area contributed by atoms with Gasteiger partial charge in [0, 0.05) is 6.04 Å². The van der Waals surface area contributed by atoms with Gasteiger partial charge < -0.3 is 11.1 Å². The lowest BCUT2D eigenvalue weighted by Gasteiger charge is -2.33. The zero-order chi connectivity index (χ0) is 19.9. The number of hydrazine groups is 1. The van der Waals surface area contributed by atoms with Crippen LogP contribution in [0, 0.1) is 5.92 Å². The van der Waals surface area contributed by atoms with Gasteiger partial charge >= 0.3 is 0 Å². The first-order valence-corrected chi connectivity index (χ1v) is 9.75. The smallest absolute Gasteiger partial charge is 0.287 e. The number of carbonyl (C=O) groups is 2. The lowest BCUT2D eigenvalue weighted by atomic mass is 10.1. The van der Waals surface area contributed by atoms with Crippen LogP contribution >= 0.6 is 0 Å². The van der Waals surface area contributed by atoms with Gasteiger partial charge in [-0.25, -0.2) is 10.0 Å². The second-order valence-electron chi connectivity index (χ2n) is 6.60. The molecule has 0 bridgehead atoms.